The molecule has 4 heteroatoms. The van der Waals surface area contributed by atoms with Gasteiger partial charge in [-0.25, -0.2) is 0 Å². The van der Waals surface area contributed by atoms with Crippen LogP contribution in [0.3, 0.4) is 0 Å². The topological polar surface area (TPSA) is 52.5 Å². The van der Waals surface area contributed by atoms with Gasteiger partial charge < -0.3 is 0 Å². The summed E-state index contributed by atoms with van der Waals surface area (Å²) in [6.07, 6.45) is 2.03. The average molecular weight is 175 g/mol. The Hall–Kier alpha value is -0.420. The molecule has 0 saturated heterocycles. The van der Waals surface area contributed by atoms with E-state index in [-0.39, 0.29) is 6.17 Å². The van der Waals surface area contributed by atoms with E-state index in [1.807, 2.05) is 6.92 Å². The second-order valence-corrected chi connectivity index (χ2v) is 2.88. The molecule has 0 fully saturated rings. The Morgan fingerprint density at radius 1 is 1.58 bits per heavy atom. The van der Waals surface area contributed by atoms with Gasteiger partial charge in [-0.05, 0) is 11.2 Å². The smallest absolute Gasteiger partial charge is 0.202 e. The molecule has 0 aromatic rings. The molecule has 1 unspecified atom stereocenters. The first-order valence-electron chi connectivity index (χ1n) is 4.22. The largest absolute Gasteiger partial charge is 0.259 e. The number of rotatable bonds is 6. The number of hydroxylamine groups is 4. The van der Waals surface area contributed by atoms with Crippen molar-refractivity contribution in [1.82, 2.24) is 5.32 Å². The van der Waals surface area contributed by atoms with Crippen LogP contribution in [0.1, 0.15) is 20.3 Å². The average Bonchev–Trinajstić information content (AvgIpc) is 2.00. The molecule has 0 heterocycles. The fraction of sp³-hybridized carbons (Fsp3) is 0.750. The van der Waals surface area contributed by atoms with E-state index in [2.05, 4.69) is 11.9 Å². The summed E-state index contributed by atoms with van der Waals surface area (Å²) in [6, 6.07) is 0. The second-order valence-electron chi connectivity index (χ2n) is 2.88. The summed E-state index contributed by atoms with van der Waals surface area (Å²) >= 11 is 0. The highest BCUT2D eigenvalue weighted by Gasteiger charge is 2.29. The van der Waals surface area contributed by atoms with Crippen molar-refractivity contribution in [2.24, 2.45) is 0 Å². The van der Waals surface area contributed by atoms with Crippen molar-refractivity contribution in [3.05, 3.63) is 12.7 Å². The standard InChI is InChI=1S/C8H19N2O2/c1-4-6-9-8(3)10(11,12)7-5-2/h4,8-9,11-12H,1,5-7H2,2-3H3/q+1. The first kappa shape index (κ1) is 11.6. The lowest BCUT2D eigenvalue weighted by molar-refractivity contribution is -1.26. The quantitative estimate of drug-likeness (QED) is 0.245. The first-order valence-corrected chi connectivity index (χ1v) is 4.22. The van der Waals surface area contributed by atoms with E-state index in [4.69, 9.17) is 0 Å². The van der Waals surface area contributed by atoms with E-state index in [1.54, 1.807) is 13.0 Å². The molecule has 72 valence electrons. The van der Waals surface area contributed by atoms with Gasteiger partial charge in [-0.1, -0.05) is 13.0 Å². The number of quaternary nitrogens is 1. The van der Waals surface area contributed by atoms with Gasteiger partial charge in [-0.2, -0.15) is 10.4 Å². The third-order valence-corrected chi connectivity index (χ3v) is 1.73. The highest BCUT2D eigenvalue weighted by molar-refractivity contribution is 4.69. The maximum absolute atomic E-state index is 9.41. The number of nitrogens with zero attached hydrogens (tertiary/aromatic N) is 1. The molecule has 0 rings (SSSR count). The molecular weight excluding hydrogens is 156 g/mol. The zero-order valence-corrected chi connectivity index (χ0v) is 7.82. The van der Waals surface area contributed by atoms with E-state index in [9.17, 15) is 10.4 Å². The van der Waals surface area contributed by atoms with Crippen LogP contribution in [-0.2, 0) is 0 Å². The summed E-state index contributed by atoms with van der Waals surface area (Å²) in [6.45, 7) is 8.05. The van der Waals surface area contributed by atoms with Crippen molar-refractivity contribution in [1.29, 1.82) is 0 Å². The lowest BCUT2D eigenvalue weighted by atomic mass is 10.4. The maximum Gasteiger partial charge on any atom is 0.202 e. The molecule has 0 aromatic heterocycles. The molecule has 12 heavy (non-hydrogen) atoms. The van der Waals surface area contributed by atoms with Crippen molar-refractivity contribution >= 4 is 0 Å². The van der Waals surface area contributed by atoms with E-state index < -0.39 is 4.81 Å². The van der Waals surface area contributed by atoms with Crippen LogP contribution in [-0.4, -0.2) is 34.5 Å². The highest BCUT2D eigenvalue weighted by Crippen LogP contribution is 2.03. The van der Waals surface area contributed by atoms with Crippen LogP contribution in [0.25, 0.3) is 0 Å². The normalized spacial score (nSPS) is 14.3. The van der Waals surface area contributed by atoms with Gasteiger partial charge in [-0.3, -0.25) is 5.32 Å². The molecule has 0 bridgehead atoms. The minimum absolute atomic E-state index is 0.325. The number of hydrogen-bond acceptors (Lipinski definition) is 3. The summed E-state index contributed by atoms with van der Waals surface area (Å²) in [7, 11) is 0. The third-order valence-electron chi connectivity index (χ3n) is 1.73. The molecular formula is C8H19N2O2+. The zero-order chi connectivity index (χ0) is 9.61. The van der Waals surface area contributed by atoms with Crippen molar-refractivity contribution in [2.75, 3.05) is 13.1 Å². The molecule has 0 aliphatic heterocycles. The Labute approximate surface area is 73.6 Å². The molecule has 0 radical (unpaired) electrons. The fourth-order valence-corrected chi connectivity index (χ4v) is 0.923. The second kappa shape index (κ2) is 5.27. The molecule has 4 nitrogen and oxygen atoms in total. The van der Waals surface area contributed by atoms with E-state index in [0.717, 1.165) is 6.42 Å². The van der Waals surface area contributed by atoms with Crippen LogP contribution < -0.4 is 5.32 Å². The third kappa shape index (κ3) is 3.82. The van der Waals surface area contributed by atoms with Gasteiger partial charge in [-0.15, -0.1) is 6.58 Å². The Morgan fingerprint density at radius 3 is 2.58 bits per heavy atom. The molecule has 3 N–H and O–H groups in total. The fourth-order valence-electron chi connectivity index (χ4n) is 0.923. The summed E-state index contributed by atoms with van der Waals surface area (Å²) < 4.78 is 0. The Morgan fingerprint density at radius 2 is 2.17 bits per heavy atom. The van der Waals surface area contributed by atoms with Crippen LogP contribution in [0.5, 0.6) is 0 Å². The molecule has 0 aliphatic rings. The minimum atomic E-state index is -0.968. The monoisotopic (exact) mass is 175 g/mol. The Kier molecular flexibility index (Phi) is 5.08. The van der Waals surface area contributed by atoms with Crippen molar-refractivity contribution in [3.63, 3.8) is 0 Å². The van der Waals surface area contributed by atoms with Crippen molar-refractivity contribution in [3.8, 4) is 0 Å². The number of hydrogen-bond donors (Lipinski definition) is 3. The summed E-state index contributed by atoms with van der Waals surface area (Å²) in [5.74, 6) is 0. The predicted molar refractivity (Wildman–Crippen MR) is 46.7 cm³/mol. The molecule has 1 atom stereocenters. The molecule has 0 aliphatic carbocycles. The first-order chi connectivity index (χ1) is 5.54. The molecule has 0 saturated carbocycles. The van der Waals surface area contributed by atoms with E-state index in [1.165, 1.54) is 0 Å². The van der Waals surface area contributed by atoms with E-state index in [0.29, 0.717) is 13.1 Å². The van der Waals surface area contributed by atoms with Gasteiger partial charge in [0.25, 0.3) is 0 Å². The van der Waals surface area contributed by atoms with Crippen LogP contribution >= 0.6 is 0 Å². The summed E-state index contributed by atoms with van der Waals surface area (Å²) in [4.78, 5) is -0.968. The highest BCUT2D eigenvalue weighted by atomic mass is 16.8. The zero-order valence-electron chi connectivity index (χ0n) is 7.82. The predicted octanol–water partition coefficient (Wildman–Crippen LogP) is 1.11. The van der Waals surface area contributed by atoms with Gasteiger partial charge in [0.1, 0.15) is 6.54 Å². The number of nitrogens with one attached hydrogen (secondary N) is 1. The lowest BCUT2D eigenvalue weighted by Gasteiger charge is -2.27. The Balaban J connectivity index is 3.86. The van der Waals surface area contributed by atoms with Crippen molar-refractivity contribution < 1.29 is 15.2 Å². The van der Waals surface area contributed by atoms with Crippen LogP contribution in [0.2, 0.25) is 0 Å². The van der Waals surface area contributed by atoms with Gasteiger partial charge in [0, 0.05) is 13.5 Å². The summed E-state index contributed by atoms with van der Waals surface area (Å²) in [5, 5.41) is 21.7. The molecule has 0 aromatic carbocycles. The van der Waals surface area contributed by atoms with Crippen LogP contribution in [0.15, 0.2) is 12.7 Å². The van der Waals surface area contributed by atoms with Crippen LogP contribution in [0, 0.1) is 0 Å². The Bertz CT molecular complexity index is 137. The van der Waals surface area contributed by atoms with Crippen molar-refractivity contribution in [2.45, 2.75) is 26.4 Å². The summed E-state index contributed by atoms with van der Waals surface area (Å²) in [5.41, 5.74) is 0. The maximum atomic E-state index is 9.41. The SMILES string of the molecule is C=CCNC(C)[N+](O)(O)CCC. The van der Waals surface area contributed by atoms with Gasteiger partial charge in [0.2, 0.25) is 6.17 Å². The van der Waals surface area contributed by atoms with Crippen LogP contribution in [0.4, 0.5) is 0 Å². The van der Waals surface area contributed by atoms with Gasteiger partial charge in [0.05, 0.1) is 0 Å². The lowest BCUT2D eigenvalue weighted by Crippen LogP contribution is -2.55. The van der Waals surface area contributed by atoms with E-state index >= 15 is 0 Å². The van der Waals surface area contributed by atoms with Gasteiger partial charge >= 0.3 is 0 Å². The molecule has 0 amide bonds. The molecule has 0 spiro atoms. The van der Waals surface area contributed by atoms with Gasteiger partial charge in [0.15, 0.2) is 0 Å². The minimum Gasteiger partial charge on any atom is -0.259 e.